The molecule has 0 aliphatic rings. The minimum atomic E-state index is -0.228. The van der Waals surface area contributed by atoms with Crippen LogP contribution in [-0.4, -0.2) is 17.8 Å². The molecule has 1 rings (SSSR count). The van der Waals surface area contributed by atoms with Crippen molar-refractivity contribution in [1.82, 2.24) is 0 Å². The number of aliphatic hydroxyl groups excluding tert-OH is 1. The van der Waals surface area contributed by atoms with Crippen molar-refractivity contribution in [3.8, 4) is 0 Å². The molecule has 1 atom stereocenters. The van der Waals surface area contributed by atoms with Gasteiger partial charge < -0.3 is 10.8 Å². The van der Waals surface area contributed by atoms with Gasteiger partial charge in [-0.2, -0.15) is 0 Å². The lowest BCUT2D eigenvalue weighted by atomic mass is 9.99. The summed E-state index contributed by atoms with van der Waals surface area (Å²) in [6, 6.07) is 4.85. The Kier molecular flexibility index (Phi) is 4.04. The number of hydrogen-bond acceptors (Lipinski definition) is 2. The molecular weight excluding hydrogens is 181 g/mol. The molecule has 3 heteroatoms. The van der Waals surface area contributed by atoms with E-state index in [1.807, 2.05) is 13.0 Å². The third-order valence-corrected chi connectivity index (χ3v) is 2.12. The van der Waals surface area contributed by atoms with E-state index in [4.69, 9.17) is 10.8 Å². The summed E-state index contributed by atoms with van der Waals surface area (Å²) >= 11 is 0. The summed E-state index contributed by atoms with van der Waals surface area (Å²) in [5.41, 5.74) is 7.12. The maximum Gasteiger partial charge on any atom is 0.126 e. The molecule has 14 heavy (non-hydrogen) atoms. The van der Waals surface area contributed by atoms with E-state index in [0.717, 1.165) is 5.56 Å². The van der Waals surface area contributed by atoms with Crippen LogP contribution in [-0.2, 0) is 12.8 Å². The number of aliphatic hydroxyl groups is 1. The Morgan fingerprint density at radius 2 is 2.21 bits per heavy atom. The highest BCUT2D eigenvalue weighted by molar-refractivity contribution is 5.29. The minimum absolute atomic E-state index is 0.0371. The van der Waals surface area contributed by atoms with Crippen LogP contribution in [0.5, 0.6) is 0 Å². The van der Waals surface area contributed by atoms with Crippen LogP contribution in [0.1, 0.15) is 18.1 Å². The minimum Gasteiger partial charge on any atom is -0.396 e. The van der Waals surface area contributed by atoms with Crippen LogP contribution in [0.25, 0.3) is 0 Å². The largest absolute Gasteiger partial charge is 0.396 e. The zero-order chi connectivity index (χ0) is 10.6. The second-order valence-corrected chi connectivity index (χ2v) is 3.53. The first-order valence-corrected chi connectivity index (χ1v) is 4.78. The van der Waals surface area contributed by atoms with Gasteiger partial charge in [0.25, 0.3) is 0 Å². The third kappa shape index (κ3) is 2.79. The lowest BCUT2D eigenvalue weighted by Crippen LogP contribution is -2.19. The average molecular weight is 197 g/mol. The molecule has 0 bridgehead atoms. The molecule has 0 spiro atoms. The van der Waals surface area contributed by atoms with E-state index in [0.29, 0.717) is 18.4 Å². The summed E-state index contributed by atoms with van der Waals surface area (Å²) in [6.45, 7) is 1.88. The lowest BCUT2D eigenvalue weighted by Gasteiger charge is -2.11. The van der Waals surface area contributed by atoms with Gasteiger partial charge in [0.2, 0.25) is 0 Å². The van der Waals surface area contributed by atoms with E-state index in [2.05, 4.69) is 0 Å². The zero-order valence-corrected chi connectivity index (χ0v) is 8.33. The number of halogens is 1. The Bertz CT molecular complexity index is 299. The maximum absolute atomic E-state index is 13.4. The summed E-state index contributed by atoms with van der Waals surface area (Å²) < 4.78 is 13.4. The number of rotatable bonds is 4. The van der Waals surface area contributed by atoms with Crippen LogP contribution in [0, 0.1) is 5.82 Å². The molecule has 0 saturated carbocycles. The van der Waals surface area contributed by atoms with Crippen molar-refractivity contribution in [3.63, 3.8) is 0 Å². The van der Waals surface area contributed by atoms with Gasteiger partial charge in [-0.05, 0) is 37.0 Å². The zero-order valence-electron chi connectivity index (χ0n) is 8.33. The lowest BCUT2D eigenvalue weighted by molar-refractivity contribution is 0.299. The van der Waals surface area contributed by atoms with Crippen LogP contribution < -0.4 is 5.73 Å². The molecule has 0 saturated heterocycles. The van der Waals surface area contributed by atoms with Crippen molar-refractivity contribution in [2.45, 2.75) is 25.8 Å². The van der Waals surface area contributed by atoms with Gasteiger partial charge in [-0.3, -0.25) is 0 Å². The van der Waals surface area contributed by atoms with E-state index < -0.39 is 0 Å². The average Bonchev–Trinajstić information content (AvgIpc) is 2.11. The predicted molar refractivity (Wildman–Crippen MR) is 54.5 cm³/mol. The fourth-order valence-corrected chi connectivity index (χ4v) is 1.51. The Labute approximate surface area is 83.6 Å². The first-order valence-electron chi connectivity index (χ1n) is 4.78. The summed E-state index contributed by atoms with van der Waals surface area (Å²) in [7, 11) is 0. The standard InChI is InChI=1S/C11H16FNO/c1-8(13)7-10-9(5-6-14)3-2-4-11(10)12/h2-4,8,14H,5-7,13H2,1H3/t8-/m1/s1. The molecule has 1 aromatic carbocycles. The van der Waals surface area contributed by atoms with E-state index in [9.17, 15) is 4.39 Å². The normalized spacial score (nSPS) is 12.9. The van der Waals surface area contributed by atoms with Crippen molar-refractivity contribution in [2.75, 3.05) is 6.61 Å². The molecule has 2 nitrogen and oxygen atoms in total. The van der Waals surface area contributed by atoms with Crippen molar-refractivity contribution in [3.05, 3.63) is 35.1 Å². The van der Waals surface area contributed by atoms with Gasteiger partial charge in [-0.25, -0.2) is 4.39 Å². The fraction of sp³-hybridized carbons (Fsp3) is 0.455. The van der Waals surface area contributed by atoms with Gasteiger partial charge >= 0.3 is 0 Å². The second kappa shape index (κ2) is 5.08. The third-order valence-electron chi connectivity index (χ3n) is 2.12. The highest BCUT2D eigenvalue weighted by atomic mass is 19.1. The molecule has 0 unspecified atom stereocenters. The molecule has 0 aromatic heterocycles. The Hall–Kier alpha value is -0.930. The molecule has 0 radical (unpaired) electrons. The van der Waals surface area contributed by atoms with Crippen LogP contribution in [0.2, 0.25) is 0 Å². The van der Waals surface area contributed by atoms with Gasteiger partial charge in [-0.1, -0.05) is 12.1 Å². The molecule has 78 valence electrons. The smallest absolute Gasteiger partial charge is 0.126 e. The highest BCUT2D eigenvalue weighted by Gasteiger charge is 2.09. The predicted octanol–water partition coefficient (Wildman–Crippen LogP) is 1.25. The van der Waals surface area contributed by atoms with Crippen molar-refractivity contribution in [1.29, 1.82) is 0 Å². The van der Waals surface area contributed by atoms with Gasteiger partial charge in [-0.15, -0.1) is 0 Å². The fourth-order valence-electron chi connectivity index (χ4n) is 1.51. The van der Waals surface area contributed by atoms with Gasteiger partial charge in [0.1, 0.15) is 5.82 Å². The molecule has 0 fully saturated rings. The maximum atomic E-state index is 13.4. The Morgan fingerprint density at radius 3 is 2.79 bits per heavy atom. The van der Waals surface area contributed by atoms with Crippen LogP contribution in [0.4, 0.5) is 4.39 Å². The van der Waals surface area contributed by atoms with E-state index in [-0.39, 0.29) is 18.5 Å². The number of hydrogen-bond donors (Lipinski definition) is 2. The first kappa shape index (κ1) is 11.1. The van der Waals surface area contributed by atoms with Crippen LogP contribution in [0.15, 0.2) is 18.2 Å². The first-order chi connectivity index (χ1) is 6.65. The Morgan fingerprint density at radius 1 is 1.50 bits per heavy atom. The van der Waals surface area contributed by atoms with E-state index >= 15 is 0 Å². The summed E-state index contributed by atoms with van der Waals surface area (Å²) in [4.78, 5) is 0. The molecule has 3 N–H and O–H groups in total. The number of benzene rings is 1. The topological polar surface area (TPSA) is 46.2 Å². The molecular formula is C11H16FNO. The van der Waals surface area contributed by atoms with Crippen LogP contribution >= 0.6 is 0 Å². The van der Waals surface area contributed by atoms with Gasteiger partial charge in [0.15, 0.2) is 0 Å². The van der Waals surface area contributed by atoms with Gasteiger partial charge in [0, 0.05) is 12.6 Å². The van der Waals surface area contributed by atoms with E-state index in [1.54, 1.807) is 6.07 Å². The number of nitrogens with two attached hydrogens (primary N) is 1. The molecule has 0 heterocycles. The van der Waals surface area contributed by atoms with Crippen LogP contribution in [0.3, 0.4) is 0 Å². The molecule has 1 aromatic rings. The van der Waals surface area contributed by atoms with Crippen molar-refractivity contribution in [2.24, 2.45) is 5.73 Å². The monoisotopic (exact) mass is 197 g/mol. The SMILES string of the molecule is C[C@@H](N)Cc1c(F)cccc1CCO. The Balaban J connectivity index is 2.96. The van der Waals surface area contributed by atoms with E-state index in [1.165, 1.54) is 6.07 Å². The summed E-state index contributed by atoms with van der Waals surface area (Å²) in [5, 5.41) is 8.82. The van der Waals surface area contributed by atoms with Crippen molar-refractivity contribution < 1.29 is 9.50 Å². The molecule has 0 aliphatic heterocycles. The molecule has 0 amide bonds. The summed E-state index contributed by atoms with van der Waals surface area (Å²) in [5.74, 6) is -0.228. The second-order valence-electron chi connectivity index (χ2n) is 3.53. The van der Waals surface area contributed by atoms with Gasteiger partial charge in [0.05, 0.1) is 0 Å². The summed E-state index contributed by atoms with van der Waals surface area (Å²) in [6.07, 6.45) is 1.00. The molecule has 0 aliphatic carbocycles. The quantitative estimate of drug-likeness (QED) is 0.763. The highest BCUT2D eigenvalue weighted by Crippen LogP contribution is 2.15. The van der Waals surface area contributed by atoms with Crippen molar-refractivity contribution >= 4 is 0 Å².